The Labute approximate surface area is 218 Å². The first-order valence-corrected chi connectivity index (χ1v) is 13.1. The van der Waals surface area contributed by atoms with E-state index < -0.39 is 0 Å². The van der Waals surface area contributed by atoms with Gasteiger partial charge in [0.15, 0.2) is 0 Å². The van der Waals surface area contributed by atoms with Crippen LogP contribution < -0.4 is 15.8 Å². The van der Waals surface area contributed by atoms with E-state index in [9.17, 15) is 5.26 Å². The maximum Gasteiger partial charge on any atom is 0.146 e. The van der Waals surface area contributed by atoms with Crippen LogP contribution in [-0.4, -0.2) is 26.6 Å². The molecule has 7 heteroatoms. The van der Waals surface area contributed by atoms with Crippen molar-refractivity contribution >= 4 is 16.9 Å². The summed E-state index contributed by atoms with van der Waals surface area (Å²) in [4.78, 5) is 8.93. The lowest BCUT2D eigenvalue weighted by molar-refractivity contribution is 0.279. The summed E-state index contributed by atoms with van der Waals surface area (Å²) in [6.45, 7) is 4.32. The van der Waals surface area contributed by atoms with Crippen LogP contribution in [0.1, 0.15) is 52.0 Å². The van der Waals surface area contributed by atoms with Crippen molar-refractivity contribution in [2.24, 2.45) is 5.92 Å². The van der Waals surface area contributed by atoms with Crippen LogP contribution in [0.2, 0.25) is 0 Å². The van der Waals surface area contributed by atoms with Gasteiger partial charge in [-0.15, -0.1) is 0 Å². The fourth-order valence-corrected chi connectivity index (χ4v) is 5.37. The maximum absolute atomic E-state index is 9.53. The van der Waals surface area contributed by atoms with E-state index in [4.69, 9.17) is 10.5 Å². The second-order valence-electron chi connectivity index (χ2n) is 10.3. The zero-order chi connectivity index (χ0) is 25.8. The molecule has 5 rings (SSSR count). The second kappa shape index (κ2) is 11.0. The molecule has 2 aromatic carbocycles. The van der Waals surface area contributed by atoms with E-state index in [1.54, 1.807) is 6.33 Å². The molecule has 0 amide bonds. The molecular weight excluding hydrogens is 460 g/mol. The molecule has 2 aromatic heterocycles. The Kier molecular flexibility index (Phi) is 7.38. The molecular formula is C30H34N6O. The third-order valence-electron chi connectivity index (χ3n) is 7.17. The topological polar surface area (TPSA) is 102 Å². The average Bonchev–Trinajstić information content (AvgIpc) is 3.30. The highest BCUT2D eigenvalue weighted by molar-refractivity contribution is 6.00. The van der Waals surface area contributed by atoms with Crippen LogP contribution in [0.25, 0.3) is 22.2 Å². The van der Waals surface area contributed by atoms with E-state index in [0.29, 0.717) is 23.8 Å². The van der Waals surface area contributed by atoms with Gasteiger partial charge in [0.2, 0.25) is 0 Å². The first-order valence-electron chi connectivity index (χ1n) is 13.1. The number of fused-ring (bicyclic) bond motifs is 1. The highest BCUT2D eigenvalue weighted by Crippen LogP contribution is 2.38. The first-order chi connectivity index (χ1) is 18.0. The monoisotopic (exact) mass is 494 g/mol. The van der Waals surface area contributed by atoms with Gasteiger partial charge in [0, 0.05) is 23.8 Å². The second-order valence-corrected chi connectivity index (χ2v) is 10.3. The Morgan fingerprint density at radius 1 is 1.03 bits per heavy atom. The quantitative estimate of drug-likeness (QED) is 0.290. The SMILES string of the molecule is CC(C)C[C@@H](C#N)NC1CCC(n2cc(-c3ccc(Oc4ccccc4)cc3)c3c(N)ncnc32)CC1. The number of hydrogen-bond acceptors (Lipinski definition) is 6. The molecule has 0 saturated heterocycles. The van der Waals surface area contributed by atoms with Gasteiger partial charge in [0.25, 0.3) is 0 Å². The predicted molar refractivity (Wildman–Crippen MR) is 147 cm³/mol. The van der Waals surface area contributed by atoms with Crippen molar-refractivity contribution in [2.45, 2.75) is 64.1 Å². The molecule has 0 aliphatic heterocycles. The highest BCUT2D eigenvalue weighted by Gasteiger charge is 2.27. The number of ether oxygens (including phenoxy) is 1. The lowest BCUT2D eigenvalue weighted by atomic mass is 9.90. The summed E-state index contributed by atoms with van der Waals surface area (Å²) in [5.41, 5.74) is 9.32. The molecule has 7 nitrogen and oxygen atoms in total. The van der Waals surface area contributed by atoms with Crippen molar-refractivity contribution in [1.82, 2.24) is 19.9 Å². The molecule has 3 N–H and O–H groups in total. The van der Waals surface area contributed by atoms with Crippen molar-refractivity contribution in [2.75, 3.05) is 5.73 Å². The molecule has 0 unspecified atom stereocenters. The number of nitrogens with one attached hydrogen (secondary N) is 1. The van der Waals surface area contributed by atoms with Gasteiger partial charge in [0.05, 0.1) is 17.5 Å². The number of hydrogen-bond donors (Lipinski definition) is 2. The Hall–Kier alpha value is -3.89. The van der Waals surface area contributed by atoms with Crippen molar-refractivity contribution in [3.63, 3.8) is 0 Å². The van der Waals surface area contributed by atoms with Gasteiger partial charge in [-0.05, 0) is 67.9 Å². The van der Waals surface area contributed by atoms with Crippen LogP contribution in [0.3, 0.4) is 0 Å². The normalized spacial score (nSPS) is 18.5. The van der Waals surface area contributed by atoms with E-state index in [0.717, 1.165) is 65.8 Å². The van der Waals surface area contributed by atoms with E-state index >= 15 is 0 Å². The molecule has 190 valence electrons. The molecule has 2 heterocycles. The third-order valence-corrected chi connectivity index (χ3v) is 7.17. The summed E-state index contributed by atoms with van der Waals surface area (Å²) in [7, 11) is 0. The lowest BCUT2D eigenvalue weighted by Gasteiger charge is -2.32. The number of anilines is 1. The number of benzene rings is 2. The molecule has 1 saturated carbocycles. The highest BCUT2D eigenvalue weighted by atomic mass is 16.5. The van der Waals surface area contributed by atoms with Crippen molar-refractivity contribution in [1.29, 1.82) is 5.26 Å². The van der Waals surface area contributed by atoms with E-state index in [1.165, 1.54) is 0 Å². The van der Waals surface area contributed by atoms with Gasteiger partial charge in [-0.1, -0.05) is 44.2 Å². The minimum atomic E-state index is -0.0815. The number of nitrogens with zero attached hydrogens (tertiary/aromatic N) is 4. The summed E-state index contributed by atoms with van der Waals surface area (Å²) < 4.78 is 8.25. The number of nitrogens with two attached hydrogens (primary N) is 1. The van der Waals surface area contributed by atoms with Crippen molar-refractivity contribution in [3.8, 4) is 28.7 Å². The Morgan fingerprint density at radius 2 is 1.73 bits per heavy atom. The van der Waals surface area contributed by atoms with Gasteiger partial charge in [0.1, 0.15) is 29.3 Å². The molecule has 0 spiro atoms. The fourth-order valence-electron chi connectivity index (χ4n) is 5.37. The van der Waals surface area contributed by atoms with Gasteiger partial charge in [-0.25, -0.2) is 9.97 Å². The lowest BCUT2D eigenvalue weighted by Crippen LogP contribution is -2.40. The maximum atomic E-state index is 9.53. The van der Waals surface area contributed by atoms with Crippen LogP contribution in [0, 0.1) is 17.2 Å². The number of nitriles is 1. The summed E-state index contributed by atoms with van der Waals surface area (Å²) in [5, 5.41) is 14.0. The van der Waals surface area contributed by atoms with E-state index in [-0.39, 0.29) is 6.04 Å². The Morgan fingerprint density at radius 3 is 2.41 bits per heavy atom. The third kappa shape index (κ3) is 5.60. The van der Waals surface area contributed by atoms with E-state index in [2.05, 4.69) is 58.1 Å². The van der Waals surface area contributed by atoms with Crippen LogP contribution in [-0.2, 0) is 0 Å². The van der Waals surface area contributed by atoms with Crippen LogP contribution in [0.4, 0.5) is 5.82 Å². The largest absolute Gasteiger partial charge is 0.457 e. The molecule has 0 bridgehead atoms. The molecule has 4 aromatic rings. The summed E-state index contributed by atoms with van der Waals surface area (Å²) in [5.74, 6) is 2.58. The zero-order valence-electron chi connectivity index (χ0n) is 21.5. The van der Waals surface area contributed by atoms with Crippen LogP contribution in [0.15, 0.2) is 67.1 Å². The number of rotatable bonds is 8. The Bertz CT molecular complexity index is 1370. The molecule has 0 radical (unpaired) electrons. The summed E-state index contributed by atoms with van der Waals surface area (Å²) in [6.07, 6.45) is 8.71. The van der Waals surface area contributed by atoms with Crippen LogP contribution >= 0.6 is 0 Å². The van der Waals surface area contributed by atoms with E-state index in [1.807, 2.05) is 42.5 Å². The predicted octanol–water partition coefficient (Wildman–Crippen LogP) is 6.48. The van der Waals surface area contributed by atoms with Gasteiger partial charge in [-0.2, -0.15) is 5.26 Å². The smallest absolute Gasteiger partial charge is 0.146 e. The molecule has 1 aliphatic rings. The van der Waals surface area contributed by atoms with Crippen molar-refractivity contribution < 1.29 is 4.74 Å². The first kappa shape index (κ1) is 24.8. The fraction of sp³-hybridized carbons (Fsp3) is 0.367. The minimum Gasteiger partial charge on any atom is -0.457 e. The van der Waals surface area contributed by atoms with Gasteiger partial charge in [-0.3, -0.25) is 5.32 Å². The Balaban J connectivity index is 1.36. The zero-order valence-corrected chi connectivity index (χ0v) is 21.5. The average molecular weight is 495 g/mol. The molecule has 1 fully saturated rings. The number of nitrogen functional groups attached to an aromatic ring is 1. The summed E-state index contributed by atoms with van der Waals surface area (Å²) >= 11 is 0. The standard InChI is InChI=1S/C30H34N6O/c1-20(2)16-23(17-31)35-22-10-12-24(13-11-22)36-18-27(28-29(32)33-19-34-30(28)36)21-8-14-26(15-9-21)37-25-6-4-3-5-7-25/h3-9,14-15,18-20,22-24,35H,10-13,16H2,1-2H3,(H2,32,33,34)/t22?,23-,24?/m0/s1. The minimum absolute atomic E-state index is 0.0815. The van der Waals surface area contributed by atoms with Crippen molar-refractivity contribution in [3.05, 3.63) is 67.1 Å². The number of aromatic nitrogens is 3. The van der Waals surface area contributed by atoms with Gasteiger partial charge < -0.3 is 15.0 Å². The molecule has 37 heavy (non-hydrogen) atoms. The molecule has 1 aliphatic carbocycles. The summed E-state index contributed by atoms with van der Waals surface area (Å²) in [6, 6.07) is 20.9. The van der Waals surface area contributed by atoms with Gasteiger partial charge >= 0.3 is 0 Å². The molecule has 1 atom stereocenters. The number of para-hydroxylation sites is 1. The van der Waals surface area contributed by atoms with Crippen LogP contribution in [0.5, 0.6) is 11.5 Å².